The molecule has 0 saturated heterocycles. The van der Waals surface area contributed by atoms with E-state index in [0.717, 1.165) is 15.3 Å². The molecule has 0 bridgehead atoms. The zero-order valence-corrected chi connectivity index (χ0v) is 18.8. The second-order valence-corrected chi connectivity index (χ2v) is 9.47. The van der Waals surface area contributed by atoms with E-state index < -0.39 is 0 Å². The van der Waals surface area contributed by atoms with Gasteiger partial charge in [0, 0.05) is 27.7 Å². The van der Waals surface area contributed by atoms with E-state index in [1.165, 1.54) is 4.88 Å². The van der Waals surface area contributed by atoms with Gasteiger partial charge in [0.15, 0.2) is 0 Å². The number of thiophene rings is 2. The largest absolute Gasteiger partial charge is 0.332 e. The van der Waals surface area contributed by atoms with Crippen LogP contribution >= 0.6 is 22.7 Å². The Bertz CT molecular complexity index is 964. The molecule has 0 fully saturated rings. The predicted molar refractivity (Wildman–Crippen MR) is 125 cm³/mol. The molecule has 0 atom stereocenters. The highest BCUT2D eigenvalue weighted by Gasteiger charge is 2.22. The number of carbonyl (C=O) groups excluding carboxylic acids is 2. The van der Waals surface area contributed by atoms with Crippen LogP contribution in [0.2, 0.25) is 0 Å². The maximum atomic E-state index is 13.3. The van der Waals surface area contributed by atoms with Crippen LogP contribution in [0.25, 0.3) is 0 Å². The summed E-state index contributed by atoms with van der Waals surface area (Å²) in [6, 6.07) is 18.0. The molecule has 6 heteroatoms. The molecule has 0 saturated carbocycles. The Morgan fingerprint density at radius 2 is 1.73 bits per heavy atom. The lowest BCUT2D eigenvalue weighted by Crippen LogP contribution is -2.43. The second-order valence-electron chi connectivity index (χ2n) is 7.07. The molecule has 0 N–H and O–H groups in total. The molecule has 0 radical (unpaired) electrons. The Morgan fingerprint density at radius 3 is 2.37 bits per heavy atom. The number of benzene rings is 1. The van der Waals surface area contributed by atoms with Gasteiger partial charge < -0.3 is 9.80 Å². The van der Waals surface area contributed by atoms with Crippen molar-refractivity contribution in [3.05, 3.63) is 92.8 Å². The Balaban J connectivity index is 1.73. The molecule has 2 heterocycles. The number of rotatable bonds is 10. The highest BCUT2D eigenvalue weighted by molar-refractivity contribution is 7.11. The lowest BCUT2D eigenvalue weighted by molar-refractivity contribution is -0.140. The van der Waals surface area contributed by atoms with Crippen molar-refractivity contribution in [2.24, 2.45) is 0 Å². The minimum absolute atomic E-state index is 0.0490. The van der Waals surface area contributed by atoms with Gasteiger partial charge in [0.25, 0.3) is 0 Å². The van der Waals surface area contributed by atoms with Crippen molar-refractivity contribution < 1.29 is 9.59 Å². The molecule has 2 amide bonds. The van der Waals surface area contributed by atoms with Crippen molar-refractivity contribution in [2.75, 3.05) is 13.1 Å². The standard InChI is InChI=1S/C24H26N2O2S2/c1-3-13-25(23(27)15-21-10-7-14-29-21)18-24(28)26(16-20-8-5-4-6-9-20)17-22-12-11-19(2)30-22/h3-12,14H,1,13,15-18H2,2H3. The molecule has 0 unspecified atom stereocenters. The average Bonchev–Trinajstić information content (AvgIpc) is 3.39. The number of amides is 2. The maximum Gasteiger partial charge on any atom is 0.242 e. The van der Waals surface area contributed by atoms with Gasteiger partial charge >= 0.3 is 0 Å². The zero-order valence-electron chi connectivity index (χ0n) is 17.1. The summed E-state index contributed by atoms with van der Waals surface area (Å²) in [6.45, 7) is 7.27. The molecule has 3 aromatic rings. The van der Waals surface area contributed by atoms with E-state index in [2.05, 4.69) is 25.6 Å². The fourth-order valence-electron chi connectivity index (χ4n) is 3.14. The highest BCUT2D eigenvalue weighted by atomic mass is 32.1. The van der Waals surface area contributed by atoms with Crippen LogP contribution in [0.3, 0.4) is 0 Å². The fraction of sp³-hybridized carbons (Fsp3) is 0.250. The molecular weight excluding hydrogens is 412 g/mol. The quantitative estimate of drug-likeness (QED) is 0.422. The monoisotopic (exact) mass is 438 g/mol. The van der Waals surface area contributed by atoms with Crippen molar-refractivity contribution in [1.82, 2.24) is 9.80 Å². The van der Waals surface area contributed by atoms with Gasteiger partial charge in [-0.15, -0.1) is 29.3 Å². The van der Waals surface area contributed by atoms with Gasteiger partial charge in [0.05, 0.1) is 13.0 Å². The van der Waals surface area contributed by atoms with Gasteiger partial charge in [0.1, 0.15) is 6.54 Å². The lowest BCUT2D eigenvalue weighted by atomic mass is 10.2. The van der Waals surface area contributed by atoms with Gasteiger partial charge in [-0.2, -0.15) is 0 Å². The molecule has 156 valence electrons. The van der Waals surface area contributed by atoms with Gasteiger partial charge in [-0.05, 0) is 36.1 Å². The first-order chi connectivity index (χ1) is 14.5. The Morgan fingerprint density at radius 1 is 0.933 bits per heavy atom. The van der Waals surface area contributed by atoms with Crippen LogP contribution in [0.15, 0.2) is 72.6 Å². The third-order valence-electron chi connectivity index (χ3n) is 4.65. The molecule has 4 nitrogen and oxygen atoms in total. The van der Waals surface area contributed by atoms with E-state index in [-0.39, 0.29) is 18.4 Å². The van der Waals surface area contributed by atoms with Gasteiger partial charge in [-0.3, -0.25) is 9.59 Å². The van der Waals surface area contributed by atoms with Gasteiger partial charge in [-0.1, -0.05) is 42.5 Å². The summed E-state index contributed by atoms with van der Waals surface area (Å²) >= 11 is 3.24. The zero-order chi connectivity index (χ0) is 21.3. The first-order valence-corrected chi connectivity index (χ1v) is 11.5. The van der Waals surface area contributed by atoms with E-state index >= 15 is 0 Å². The van der Waals surface area contributed by atoms with Gasteiger partial charge in [-0.25, -0.2) is 0 Å². The highest BCUT2D eigenvalue weighted by Crippen LogP contribution is 2.19. The molecule has 30 heavy (non-hydrogen) atoms. The Labute approximate surface area is 186 Å². The summed E-state index contributed by atoms with van der Waals surface area (Å²) < 4.78 is 0. The first kappa shape index (κ1) is 22.0. The molecule has 0 aliphatic rings. The number of hydrogen-bond donors (Lipinski definition) is 0. The Hall–Kier alpha value is -2.70. The summed E-state index contributed by atoms with van der Waals surface area (Å²) in [5.41, 5.74) is 1.07. The number of nitrogens with zero attached hydrogens (tertiary/aromatic N) is 2. The molecule has 0 aliphatic carbocycles. The normalized spacial score (nSPS) is 10.6. The van der Waals surface area contributed by atoms with Crippen molar-refractivity contribution >= 4 is 34.5 Å². The molecule has 0 spiro atoms. The van der Waals surface area contributed by atoms with E-state index in [0.29, 0.717) is 26.1 Å². The molecule has 2 aromatic heterocycles. The Kier molecular flexibility index (Phi) is 7.99. The fourth-order valence-corrected chi connectivity index (χ4v) is 4.74. The molecule has 3 rings (SSSR count). The van der Waals surface area contributed by atoms with E-state index in [1.807, 2.05) is 52.7 Å². The molecular formula is C24H26N2O2S2. The van der Waals surface area contributed by atoms with E-state index in [1.54, 1.807) is 33.6 Å². The molecule has 0 aliphatic heterocycles. The summed E-state index contributed by atoms with van der Waals surface area (Å²) in [5, 5.41) is 1.95. The average molecular weight is 439 g/mol. The SMILES string of the molecule is C=CCN(CC(=O)N(Cc1ccccc1)Cc1ccc(C)s1)C(=O)Cc1cccs1. The number of carbonyl (C=O) groups is 2. The van der Waals surface area contributed by atoms with Crippen LogP contribution in [0.5, 0.6) is 0 Å². The number of aryl methyl sites for hydroxylation is 1. The maximum absolute atomic E-state index is 13.3. The topological polar surface area (TPSA) is 40.6 Å². The third-order valence-corrected chi connectivity index (χ3v) is 6.51. The van der Waals surface area contributed by atoms with Crippen LogP contribution in [-0.4, -0.2) is 34.7 Å². The van der Waals surface area contributed by atoms with Crippen LogP contribution in [0.1, 0.15) is 20.2 Å². The molecule has 1 aromatic carbocycles. The van der Waals surface area contributed by atoms with E-state index in [4.69, 9.17) is 0 Å². The lowest BCUT2D eigenvalue weighted by Gasteiger charge is -2.27. The van der Waals surface area contributed by atoms with Gasteiger partial charge in [0.2, 0.25) is 11.8 Å². The van der Waals surface area contributed by atoms with Crippen molar-refractivity contribution in [2.45, 2.75) is 26.4 Å². The van der Waals surface area contributed by atoms with Crippen molar-refractivity contribution in [3.8, 4) is 0 Å². The van der Waals surface area contributed by atoms with Crippen molar-refractivity contribution in [1.29, 1.82) is 0 Å². The van der Waals surface area contributed by atoms with Crippen LogP contribution in [0.4, 0.5) is 0 Å². The van der Waals surface area contributed by atoms with Crippen LogP contribution in [-0.2, 0) is 29.1 Å². The van der Waals surface area contributed by atoms with E-state index in [9.17, 15) is 9.59 Å². The minimum atomic E-state index is -0.0636. The summed E-state index contributed by atoms with van der Waals surface area (Å²) in [4.78, 5) is 32.8. The third kappa shape index (κ3) is 6.40. The predicted octanol–water partition coefficient (Wildman–Crippen LogP) is 4.90. The summed E-state index contributed by atoms with van der Waals surface area (Å²) in [6.07, 6.45) is 1.98. The number of hydrogen-bond acceptors (Lipinski definition) is 4. The second kappa shape index (κ2) is 10.9. The van der Waals surface area contributed by atoms with Crippen LogP contribution < -0.4 is 0 Å². The summed E-state index contributed by atoms with van der Waals surface area (Å²) in [5.74, 6) is -0.122. The van der Waals surface area contributed by atoms with Crippen LogP contribution in [0, 0.1) is 6.92 Å². The first-order valence-electron chi connectivity index (χ1n) is 9.83. The minimum Gasteiger partial charge on any atom is -0.332 e. The van der Waals surface area contributed by atoms with Crippen molar-refractivity contribution in [3.63, 3.8) is 0 Å². The summed E-state index contributed by atoms with van der Waals surface area (Å²) in [7, 11) is 0. The smallest absolute Gasteiger partial charge is 0.242 e.